The molecule has 0 spiro atoms. The van der Waals surface area contributed by atoms with Gasteiger partial charge in [-0.1, -0.05) is 34.7 Å². The highest BCUT2D eigenvalue weighted by atomic mass is 127. The van der Waals surface area contributed by atoms with Crippen molar-refractivity contribution in [1.29, 1.82) is 0 Å². The molecule has 156 valence electrons. The first-order valence-corrected chi connectivity index (χ1v) is 9.93. The molecular weight excluding hydrogens is 483 g/mol. The topological polar surface area (TPSA) is 97.4 Å². The quantitative estimate of drug-likeness (QED) is 0.123. The minimum absolute atomic E-state index is 0.197. The molecule has 1 aliphatic heterocycles. The predicted octanol–water partition coefficient (Wildman–Crippen LogP) is 1.93. The van der Waals surface area contributed by atoms with Crippen LogP contribution in [0.15, 0.2) is 12.2 Å². The lowest BCUT2D eigenvalue weighted by molar-refractivity contribution is -0.265. The summed E-state index contributed by atoms with van der Waals surface area (Å²) in [5, 5.41) is 0. The van der Waals surface area contributed by atoms with Gasteiger partial charge in [0.1, 0.15) is 16.6 Å². The van der Waals surface area contributed by atoms with E-state index in [9.17, 15) is 14.4 Å². The molecule has 0 aromatic rings. The van der Waals surface area contributed by atoms with E-state index in [-0.39, 0.29) is 6.61 Å². The first-order chi connectivity index (χ1) is 13.2. The zero-order chi connectivity index (χ0) is 21.3. The highest BCUT2D eigenvalue weighted by molar-refractivity contribution is 14.1. The predicted molar refractivity (Wildman–Crippen MR) is 107 cm³/mol. The van der Waals surface area contributed by atoms with Gasteiger partial charge in [-0.3, -0.25) is 14.4 Å². The fraction of sp³-hybridized carbons (Fsp3) is 0.632. The van der Waals surface area contributed by atoms with Crippen molar-refractivity contribution in [2.45, 2.75) is 68.7 Å². The summed E-state index contributed by atoms with van der Waals surface area (Å²) >= 11 is 2.02. The summed E-state index contributed by atoms with van der Waals surface area (Å²) in [7, 11) is 0. The number of terminal acetylenes is 1. The number of hydrogen-bond acceptors (Lipinski definition) is 8. The molecule has 0 aromatic heterocycles. The summed E-state index contributed by atoms with van der Waals surface area (Å²) < 4.78 is 27.1. The Balaban J connectivity index is 3.15. The maximum absolute atomic E-state index is 11.6. The van der Waals surface area contributed by atoms with Gasteiger partial charge in [-0.25, -0.2) is 0 Å². The third kappa shape index (κ3) is 7.77. The Bertz CT molecular complexity index is 626. The second kappa shape index (κ2) is 12.0. The number of hydrogen-bond donors (Lipinski definition) is 0. The van der Waals surface area contributed by atoms with Crippen molar-refractivity contribution in [3.8, 4) is 12.3 Å². The van der Waals surface area contributed by atoms with Crippen LogP contribution in [0, 0.1) is 12.3 Å². The van der Waals surface area contributed by atoms with Gasteiger partial charge < -0.3 is 23.7 Å². The highest BCUT2D eigenvalue weighted by Crippen LogP contribution is 2.33. The Morgan fingerprint density at radius 1 is 1.14 bits per heavy atom. The van der Waals surface area contributed by atoms with E-state index in [1.807, 2.05) is 29.5 Å². The van der Waals surface area contributed by atoms with Gasteiger partial charge in [-0.05, 0) is 6.92 Å². The summed E-state index contributed by atoms with van der Waals surface area (Å²) in [6.45, 7) is 5.36. The second-order valence-electron chi connectivity index (χ2n) is 6.05. The molecule has 1 heterocycles. The van der Waals surface area contributed by atoms with Crippen molar-refractivity contribution in [2.24, 2.45) is 0 Å². The van der Waals surface area contributed by atoms with Gasteiger partial charge in [-0.2, -0.15) is 0 Å². The number of esters is 3. The number of ether oxygens (including phenoxy) is 5. The first-order valence-electron chi connectivity index (χ1n) is 8.68. The lowest BCUT2D eigenvalue weighted by Crippen LogP contribution is -2.60. The molecule has 0 aliphatic carbocycles. The van der Waals surface area contributed by atoms with Crippen LogP contribution in [0.25, 0.3) is 0 Å². The molecule has 0 amide bonds. The van der Waals surface area contributed by atoms with Gasteiger partial charge in [0, 0.05) is 27.2 Å². The van der Waals surface area contributed by atoms with Crippen LogP contribution >= 0.6 is 22.6 Å². The molecule has 0 aromatic carbocycles. The molecule has 1 rings (SSSR count). The van der Waals surface area contributed by atoms with Gasteiger partial charge in [-0.15, -0.1) is 12.3 Å². The molecule has 0 bridgehead atoms. The van der Waals surface area contributed by atoms with E-state index in [0.29, 0.717) is 6.42 Å². The molecule has 1 aliphatic rings. The van der Waals surface area contributed by atoms with Crippen molar-refractivity contribution in [3.63, 3.8) is 0 Å². The van der Waals surface area contributed by atoms with Crippen LogP contribution in [0.5, 0.6) is 0 Å². The van der Waals surface area contributed by atoms with Crippen LogP contribution < -0.4 is 0 Å². The SMILES string of the molecule is C#CC[C@H](/C=C/C)O[C@H]1O[C@H](COC(C)=O)[C@@H](OC(C)=O)[C@H](OC(C)=O)[C@@H]1I. The van der Waals surface area contributed by atoms with E-state index in [0.717, 1.165) is 0 Å². The Labute approximate surface area is 178 Å². The Morgan fingerprint density at radius 3 is 2.25 bits per heavy atom. The largest absolute Gasteiger partial charge is 0.463 e. The molecule has 9 heteroatoms. The summed E-state index contributed by atoms with van der Waals surface area (Å²) in [6.07, 6.45) is 5.31. The number of alkyl halides is 1. The molecule has 1 fully saturated rings. The Hall–Kier alpha value is -1.64. The van der Waals surface area contributed by atoms with Gasteiger partial charge in [0.25, 0.3) is 0 Å². The van der Waals surface area contributed by atoms with Crippen LogP contribution in [0.1, 0.15) is 34.1 Å². The van der Waals surface area contributed by atoms with Crippen LogP contribution in [0.2, 0.25) is 0 Å². The lowest BCUT2D eigenvalue weighted by atomic mass is 10.0. The number of allylic oxidation sites excluding steroid dienone is 1. The normalized spacial score (nSPS) is 28.2. The molecular formula is C19H25IO8. The zero-order valence-electron chi connectivity index (χ0n) is 16.3. The zero-order valence-corrected chi connectivity index (χ0v) is 18.4. The monoisotopic (exact) mass is 508 g/mol. The van der Waals surface area contributed by atoms with Crippen LogP contribution in [-0.4, -0.2) is 59.1 Å². The molecule has 1 saturated heterocycles. The van der Waals surface area contributed by atoms with Gasteiger partial charge in [0.2, 0.25) is 0 Å². The smallest absolute Gasteiger partial charge is 0.303 e. The summed E-state index contributed by atoms with van der Waals surface area (Å²) in [5.41, 5.74) is 0. The van der Waals surface area contributed by atoms with Crippen molar-refractivity contribution >= 4 is 40.5 Å². The molecule has 8 nitrogen and oxygen atoms in total. The van der Waals surface area contributed by atoms with Crippen LogP contribution in [0.3, 0.4) is 0 Å². The highest BCUT2D eigenvalue weighted by Gasteiger charge is 2.50. The number of carbonyl (C=O) groups is 3. The van der Waals surface area contributed by atoms with E-state index in [2.05, 4.69) is 5.92 Å². The minimum Gasteiger partial charge on any atom is -0.463 e. The minimum atomic E-state index is -0.963. The summed E-state index contributed by atoms with van der Waals surface area (Å²) in [5.74, 6) is 0.869. The molecule has 0 unspecified atom stereocenters. The van der Waals surface area contributed by atoms with Gasteiger partial charge >= 0.3 is 17.9 Å². The van der Waals surface area contributed by atoms with Crippen molar-refractivity contribution < 1.29 is 38.1 Å². The maximum Gasteiger partial charge on any atom is 0.303 e. The average Bonchev–Trinajstić information content (AvgIpc) is 2.59. The van der Waals surface area contributed by atoms with Gasteiger partial charge in [0.05, 0.1) is 6.10 Å². The van der Waals surface area contributed by atoms with E-state index >= 15 is 0 Å². The van der Waals surface area contributed by atoms with E-state index in [1.165, 1.54) is 20.8 Å². The van der Waals surface area contributed by atoms with Crippen molar-refractivity contribution in [1.82, 2.24) is 0 Å². The standard InChI is InChI=1S/C19H25IO8/c1-6-8-14(9-7-2)27-19-16(20)18(26-13(5)23)17(25-12(4)22)15(28-19)10-24-11(3)21/h1,7,9,14-19H,8,10H2,2-5H3/b9-7+/t14-,15-,16+,17-,18-,19+/m1/s1. The Morgan fingerprint density at radius 2 is 1.75 bits per heavy atom. The molecule has 0 radical (unpaired) electrons. The van der Waals surface area contributed by atoms with Crippen molar-refractivity contribution in [3.05, 3.63) is 12.2 Å². The fourth-order valence-electron chi connectivity index (χ4n) is 2.64. The number of halogens is 1. The van der Waals surface area contributed by atoms with Crippen molar-refractivity contribution in [2.75, 3.05) is 6.61 Å². The Kier molecular flexibility index (Phi) is 10.5. The number of rotatable bonds is 8. The molecule has 0 saturated carbocycles. The second-order valence-corrected chi connectivity index (χ2v) is 7.48. The third-order valence-corrected chi connectivity index (χ3v) is 4.96. The molecule has 6 atom stereocenters. The lowest BCUT2D eigenvalue weighted by Gasteiger charge is -2.43. The van der Waals surface area contributed by atoms with E-state index in [1.54, 1.807) is 12.2 Å². The first kappa shape index (κ1) is 24.4. The summed E-state index contributed by atoms with van der Waals surface area (Å²) in [6, 6.07) is 0. The van der Waals surface area contributed by atoms with E-state index < -0.39 is 52.5 Å². The maximum atomic E-state index is 11.6. The third-order valence-electron chi connectivity index (χ3n) is 3.66. The number of carbonyl (C=O) groups excluding carboxylic acids is 3. The average molecular weight is 508 g/mol. The fourth-order valence-corrected chi connectivity index (χ4v) is 3.53. The van der Waals surface area contributed by atoms with Crippen LogP contribution in [-0.2, 0) is 38.1 Å². The van der Waals surface area contributed by atoms with Gasteiger partial charge in [0.15, 0.2) is 18.5 Å². The van der Waals surface area contributed by atoms with E-state index in [4.69, 9.17) is 30.1 Å². The molecule has 0 N–H and O–H groups in total. The van der Waals surface area contributed by atoms with Crippen LogP contribution in [0.4, 0.5) is 0 Å². The molecule has 28 heavy (non-hydrogen) atoms. The summed E-state index contributed by atoms with van der Waals surface area (Å²) in [4.78, 5) is 34.4.